The van der Waals surface area contributed by atoms with Gasteiger partial charge in [0, 0.05) is 14.1 Å². The number of hydrogen-bond donors (Lipinski definition) is 3. The van der Waals surface area contributed by atoms with Gasteiger partial charge in [-0.25, -0.2) is 4.79 Å². The van der Waals surface area contributed by atoms with Gasteiger partial charge in [0.2, 0.25) is 0 Å². The van der Waals surface area contributed by atoms with Crippen LogP contribution in [0.2, 0.25) is 0 Å². The van der Waals surface area contributed by atoms with Crippen LogP contribution in [0.15, 0.2) is 5.16 Å². The zero-order chi connectivity index (χ0) is 12.9. The van der Waals surface area contributed by atoms with Gasteiger partial charge in [-0.1, -0.05) is 30.8 Å². The average Bonchev–Trinajstić information content (AvgIpc) is 2.54. The van der Waals surface area contributed by atoms with Crippen molar-refractivity contribution in [2.24, 2.45) is 10.9 Å². The molecule has 0 aromatic carbocycles. The molecule has 17 heavy (non-hydrogen) atoms. The first-order chi connectivity index (χ1) is 8.02. The Hall–Kier alpha value is -1.46. The molecule has 0 aromatic rings. The molecule has 1 saturated carbocycles. The lowest BCUT2D eigenvalue weighted by Crippen LogP contribution is -2.59. The highest BCUT2D eigenvalue weighted by Crippen LogP contribution is 2.27. The largest absolute Gasteiger partial charge is 0.409 e. The molecule has 0 spiro atoms. The third-order valence-electron chi connectivity index (χ3n) is 3.31. The number of amidine groups is 1. The van der Waals surface area contributed by atoms with Crippen molar-refractivity contribution in [1.82, 2.24) is 10.2 Å². The van der Waals surface area contributed by atoms with Crippen LogP contribution in [0.25, 0.3) is 0 Å². The predicted octanol–water partition coefficient (Wildman–Crippen LogP) is 1.10. The van der Waals surface area contributed by atoms with Crippen molar-refractivity contribution >= 4 is 11.9 Å². The summed E-state index contributed by atoms with van der Waals surface area (Å²) in [6.07, 6.45) is 5.65. The number of nitrogens with one attached hydrogen (secondary N) is 1. The van der Waals surface area contributed by atoms with Gasteiger partial charge in [0.25, 0.3) is 0 Å². The summed E-state index contributed by atoms with van der Waals surface area (Å²) >= 11 is 0. The van der Waals surface area contributed by atoms with Crippen LogP contribution in [0.5, 0.6) is 0 Å². The van der Waals surface area contributed by atoms with Crippen molar-refractivity contribution in [3.05, 3.63) is 0 Å². The van der Waals surface area contributed by atoms with E-state index in [2.05, 4.69) is 10.5 Å². The van der Waals surface area contributed by atoms with Gasteiger partial charge in [-0.3, -0.25) is 0 Å². The number of oxime groups is 1. The fourth-order valence-corrected chi connectivity index (χ4v) is 2.19. The first-order valence-electron chi connectivity index (χ1n) is 5.99. The van der Waals surface area contributed by atoms with Gasteiger partial charge >= 0.3 is 6.03 Å². The Balaban J connectivity index is 2.88. The van der Waals surface area contributed by atoms with Gasteiger partial charge in [0.1, 0.15) is 5.54 Å². The van der Waals surface area contributed by atoms with Crippen molar-refractivity contribution in [3.63, 3.8) is 0 Å². The van der Waals surface area contributed by atoms with Crippen LogP contribution in [-0.4, -0.2) is 41.6 Å². The number of urea groups is 1. The number of nitrogens with zero attached hydrogens (tertiary/aromatic N) is 2. The van der Waals surface area contributed by atoms with Crippen molar-refractivity contribution in [1.29, 1.82) is 0 Å². The van der Waals surface area contributed by atoms with Crippen molar-refractivity contribution < 1.29 is 10.0 Å². The highest BCUT2D eigenvalue weighted by molar-refractivity contribution is 5.93. The van der Waals surface area contributed by atoms with Crippen LogP contribution in [0, 0.1) is 0 Å². The summed E-state index contributed by atoms with van der Waals surface area (Å²) in [6.45, 7) is 0. The van der Waals surface area contributed by atoms with Crippen LogP contribution in [0.4, 0.5) is 4.79 Å². The topological polar surface area (TPSA) is 91.0 Å². The molecule has 6 heteroatoms. The summed E-state index contributed by atoms with van der Waals surface area (Å²) in [5, 5.41) is 14.9. The number of carbonyl (C=O) groups excluding carboxylic acids is 1. The minimum absolute atomic E-state index is 0.106. The fraction of sp³-hybridized carbons (Fsp3) is 0.818. The molecule has 0 radical (unpaired) electrons. The van der Waals surface area contributed by atoms with Gasteiger partial charge < -0.3 is 21.2 Å². The Morgan fingerprint density at radius 2 is 1.82 bits per heavy atom. The molecule has 98 valence electrons. The lowest BCUT2D eigenvalue weighted by molar-refractivity contribution is 0.205. The minimum Gasteiger partial charge on any atom is -0.409 e. The van der Waals surface area contributed by atoms with E-state index in [1.165, 1.54) is 4.90 Å². The molecule has 0 atom stereocenters. The molecule has 2 amide bonds. The van der Waals surface area contributed by atoms with E-state index in [9.17, 15) is 4.79 Å². The zero-order valence-corrected chi connectivity index (χ0v) is 10.6. The van der Waals surface area contributed by atoms with Gasteiger partial charge in [-0.15, -0.1) is 0 Å². The van der Waals surface area contributed by atoms with Crippen molar-refractivity contribution in [2.45, 2.75) is 44.1 Å². The molecule has 0 aliphatic heterocycles. The Kier molecular flexibility index (Phi) is 4.60. The third-order valence-corrected chi connectivity index (χ3v) is 3.31. The van der Waals surface area contributed by atoms with E-state index in [1.54, 1.807) is 14.1 Å². The summed E-state index contributed by atoms with van der Waals surface area (Å²) in [5.74, 6) is 0.106. The zero-order valence-electron chi connectivity index (χ0n) is 10.6. The normalized spacial score (nSPS) is 20.5. The Labute approximate surface area is 102 Å². The van der Waals surface area contributed by atoms with Gasteiger partial charge in [0.05, 0.1) is 0 Å². The van der Waals surface area contributed by atoms with E-state index in [4.69, 9.17) is 10.9 Å². The molecule has 1 fully saturated rings. The second-order valence-corrected chi connectivity index (χ2v) is 4.81. The minimum atomic E-state index is -0.688. The van der Waals surface area contributed by atoms with Crippen LogP contribution in [0.3, 0.4) is 0 Å². The Morgan fingerprint density at radius 3 is 2.24 bits per heavy atom. The summed E-state index contributed by atoms with van der Waals surface area (Å²) < 4.78 is 0. The third kappa shape index (κ3) is 3.25. The van der Waals surface area contributed by atoms with Crippen molar-refractivity contribution in [3.8, 4) is 0 Å². The molecule has 0 bridgehead atoms. The second kappa shape index (κ2) is 5.75. The quantitative estimate of drug-likeness (QED) is 0.222. The maximum absolute atomic E-state index is 11.8. The molecule has 1 rings (SSSR count). The summed E-state index contributed by atoms with van der Waals surface area (Å²) in [5.41, 5.74) is 5.08. The smallest absolute Gasteiger partial charge is 0.317 e. The summed E-state index contributed by atoms with van der Waals surface area (Å²) in [6, 6.07) is -0.210. The van der Waals surface area contributed by atoms with Crippen LogP contribution in [0.1, 0.15) is 38.5 Å². The van der Waals surface area contributed by atoms with Crippen LogP contribution >= 0.6 is 0 Å². The highest BCUT2D eigenvalue weighted by Gasteiger charge is 2.37. The van der Waals surface area contributed by atoms with E-state index >= 15 is 0 Å². The number of nitrogens with two attached hydrogens (primary N) is 1. The molecule has 1 aliphatic carbocycles. The molecule has 6 nitrogen and oxygen atoms in total. The number of hydrogen-bond acceptors (Lipinski definition) is 3. The first kappa shape index (κ1) is 13.6. The Bertz CT molecular complexity index is 294. The summed E-state index contributed by atoms with van der Waals surface area (Å²) in [7, 11) is 3.35. The van der Waals surface area contributed by atoms with E-state index in [0.29, 0.717) is 0 Å². The predicted molar refractivity (Wildman–Crippen MR) is 66.1 cm³/mol. The first-order valence-corrected chi connectivity index (χ1v) is 5.99. The van der Waals surface area contributed by atoms with E-state index in [-0.39, 0.29) is 11.9 Å². The van der Waals surface area contributed by atoms with Crippen LogP contribution < -0.4 is 11.1 Å². The average molecular weight is 242 g/mol. The number of carbonyl (C=O) groups is 1. The highest BCUT2D eigenvalue weighted by atomic mass is 16.4. The molecule has 0 unspecified atom stereocenters. The molecule has 0 saturated heterocycles. The molecule has 0 heterocycles. The standard InChI is InChI=1S/C11H22N4O2/c1-15(2)10(16)13-11(9(12)14-17)7-5-3-4-6-8-11/h17H,3-8H2,1-2H3,(H2,12,14)(H,13,16). The monoisotopic (exact) mass is 242 g/mol. The van der Waals surface area contributed by atoms with Crippen molar-refractivity contribution in [2.75, 3.05) is 14.1 Å². The van der Waals surface area contributed by atoms with Gasteiger partial charge in [-0.2, -0.15) is 0 Å². The number of amides is 2. The van der Waals surface area contributed by atoms with E-state index < -0.39 is 5.54 Å². The maximum atomic E-state index is 11.8. The van der Waals surface area contributed by atoms with E-state index in [0.717, 1.165) is 38.5 Å². The molecule has 0 aromatic heterocycles. The molecule has 4 N–H and O–H groups in total. The molecule has 1 aliphatic rings. The molecular formula is C11H22N4O2. The number of rotatable bonds is 2. The maximum Gasteiger partial charge on any atom is 0.317 e. The lowest BCUT2D eigenvalue weighted by Gasteiger charge is -2.33. The van der Waals surface area contributed by atoms with Gasteiger partial charge in [-0.05, 0) is 12.8 Å². The Morgan fingerprint density at radius 1 is 1.29 bits per heavy atom. The second-order valence-electron chi connectivity index (χ2n) is 4.81. The van der Waals surface area contributed by atoms with Crippen LogP contribution in [-0.2, 0) is 0 Å². The summed E-state index contributed by atoms with van der Waals surface area (Å²) in [4.78, 5) is 13.2. The SMILES string of the molecule is CN(C)C(=O)NC1(C(N)=NO)CCCCCC1. The van der Waals surface area contributed by atoms with Gasteiger partial charge in [0.15, 0.2) is 5.84 Å². The lowest BCUT2D eigenvalue weighted by atomic mass is 9.89. The van der Waals surface area contributed by atoms with E-state index in [1.807, 2.05) is 0 Å². The fourth-order valence-electron chi connectivity index (χ4n) is 2.19. The molecular weight excluding hydrogens is 220 g/mol.